The summed E-state index contributed by atoms with van der Waals surface area (Å²) in [6, 6.07) is 0.252. The maximum atomic E-state index is 6.03. The first-order chi connectivity index (χ1) is 6.74. The molecule has 5 heteroatoms. The molecule has 2 rings (SSSR count). The molecule has 0 amide bonds. The summed E-state index contributed by atoms with van der Waals surface area (Å²) in [6.07, 6.45) is 3.44. The molecule has 14 heavy (non-hydrogen) atoms. The van der Waals surface area contributed by atoms with Crippen LogP contribution in [0.15, 0.2) is 0 Å². The molecule has 0 bridgehead atoms. The highest BCUT2D eigenvalue weighted by atomic mass is 15.3. The summed E-state index contributed by atoms with van der Waals surface area (Å²) in [6.45, 7) is 0. The van der Waals surface area contributed by atoms with Gasteiger partial charge in [0.05, 0.1) is 0 Å². The molecule has 78 valence electrons. The van der Waals surface area contributed by atoms with Gasteiger partial charge in [0.2, 0.25) is 5.95 Å². The molecule has 0 unspecified atom stereocenters. The number of rotatable bonds is 2. The third-order valence-corrected chi connectivity index (χ3v) is 3.03. The Morgan fingerprint density at radius 1 is 1.43 bits per heavy atom. The molecule has 2 atom stereocenters. The molecule has 0 saturated heterocycles. The van der Waals surface area contributed by atoms with Crippen LogP contribution in [-0.4, -0.2) is 27.9 Å². The first-order valence-corrected chi connectivity index (χ1v) is 5.06. The Kier molecular flexibility index (Phi) is 2.41. The minimum Gasteiger partial charge on any atom is -0.357 e. The lowest BCUT2D eigenvalue weighted by Gasteiger charge is -2.14. The molecule has 1 aromatic heterocycles. The molecule has 0 aromatic carbocycles. The largest absolute Gasteiger partial charge is 0.357 e. The Morgan fingerprint density at radius 3 is 2.71 bits per heavy atom. The molecule has 0 spiro atoms. The van der Waals surface area contributed by atoms with Crippen LogP contribution < -0.4 is 11.1 Å². The quantitative estimate of drug-likeness (QED) is 0.719. The molecule has 0 radical (unpaired) electrons. The summed E-state index contributed by atoms with van der Waals surface area (Å²) in [4.78, 5) is 0. The normalized spacial score (nSPS) is 26.8. The van der Waals surface area contributed by atoms with Crippen LogP contribution in [0.1, 0.15) is 31.0 Å². The zero-order valence-electron chi connectivity index (χ0n) is 8.70. The summed E-state index contributed by atoms with van der Waals surface area (Å²) in [5.41, 5.74) is 6.03. The Balaban J connectivity index is 2.27. The van der Waals surface area contributed by atoms with Crippen molar-refractivity contribution >= 4 is 5.95 Å². The van der Waals surface area contributed by atoms with E-state index in [1.54, 1.807) is 0 Å². The van der Waals surface area contributed by atoms with Crippen molar-refractivity contribution in [3.63, 3.8) is 0 Å². The average Bonchev–Trinajstić information content (AvgIpc) is 2.72. The highest BCUT2D eigenvalue weighted by Crippen LogP contribution is 2.32. The highest BCUT2D eigenvalue weighted by molar-refractivity contribution is 5.25. The number of aromatic nitrogens is 3. The van der Waals surface area contributed by atoms with Crippen molar-refractivity contribution in [2.45, 2.75) is 31.2 Å². The van der Waals surface area contributed by atoms with Gasteiger partial charge in [-0.25, -0.2) is 0 Å². The van der Waals surface area contributed by atoms with Gasteiger partial charge in [0.25, 0.3) is 0 Å². The van der Waals surface area contributed by atoms with Crippen LogP contribution in [0.25, 0.3) is 0 Å². The lowest BCUT2D eigenvalue weighted by Crippen LogP contribution is -2.25. The molecular formula is C9H17N5. The van der Waals surface area contributed by atoms with Crippen LogP contribution >= 0.6 is 0 Å². The zero-order chi connectivity index (χ0) is 10.1. The van der Waals surface area contributed by atoms with Gasteiger partial charge in [0, 0.05) is 26.1 Å². The molecular weight excluding hydrogens is 178 g/mol. The number of anilines is 1. The summed E-state index contributed by atoms with van der Waals surface area (Å²) in [5, 5.41) is 11.3. The van der Waals surface area contributed by atoms with E-state index >= 15 is 0 Å². The van der Waals surface area contributed by atoms with Crippen LogP contribution in [0.2, 0.25) is 0 Å². The van der Waals surface area contributed by atoms with Gasteiger partial charge in [-0.2, -0.15) is 0 Å². The van der Waals surface area contributed by atoms with E-state index in [1.165, 1.54) is 6.42 Å². The molecule has 1 aromatic rings. The van der Waals surface area contributed by atoms with Crippen molar-refractivity contribution in [1.82, 2.24) is 14.8 Å². The third kappa shape index (κ3) is 1.37. The zero-order valence-corrected chi connectivity index (χ0v) is 8.70. The lowest BCUT2D eigenvalue weighted by molar-refractivity contribution is 0.560. The number of nitrogens with two attached hydrogens (primary N) is 1. The topological polar surface area (TPSA) is 68.8 Å². The Hall–Kier alpha value is -1.10. The van der Waals surface area contributed by atoms with Crippen LogP contribution in [0, 0.1) is 0 Å². The standard InChI is InChI=1S/C9H17N5/c1-11-9-13-12-8(14(9)2)6-4-3-5-7(6)10/h6-7H,3-5,10H2,1-2H3,(H,11,13)/t6-,7+/m1/s1. The fraction of sp³-hybridized carbons (Fsp3) is 0.778. The van der Waals surface area contributed by atoms with E-state index in [0.29, 0.717) is 5.92 Å². The van der Waals surface area contributed by atoms with E-state index in [9.17, 15) is 0 Å². The predicted octanol–water partition coefficient (Wildman–Crippen LogP) is 0.452. The molecule has 1 heterocycles. The lowest BCUT2D eigenvalue weighted by atomic mass is 10.0. The van der Waals surface area contributed by atoms with Gasteiger partial charge in [-0.05, 0) is 12.8 Å². The average molecular weight is 195 g/mol. The van der Waals surface area contributed by atoms with Crippen molar-refractivity contribution in [2.75, 3.05) is 12.4 Å². The molecule has 5 nitrogen and oxygen atoms in total. The van der Waals surface area contributed by atoms with E-state index in [4.69, 9.17) is 5.73 Å². The van der Waals surface area contributed by atoms with Crippen LogP contribution in [0.4, 0.5) is 5.95 Å². The van der Waals surface area contributed by atoms with Gasteiger partial charge >= 0.3 is 0 Å². The minimum absolute atomic E-state index is 0.252. The summed E-state index contributed by atoms with van der Waals surface area (Å²) >= 11 is 0. The smallest absolute Gasteiger partial charge is 0.224 e. The minimum atomic E-state index is 0.252. The maximum absolute atomic E-state index is 6.03. The summed E-state index contributed by atoms with van der Waals surface area (Å²) < 4.78 is 2.00. The highest BCUT2D eigenvalue weighted by Gasteiger charge is 2.29. The maximum Gasteiger partial charge on any atom is 0.224 e. The van der Waals surface area contributed by atoms with E-state index in [1.807, 2.05) is 18.7 Å². The van der Waals surface area contributed by atoms with Gasteiger partial charge < -0.3 is 15.6 Å². The monoisotopic (exact) mass is 195 g/mol. The molecule has 3 N–H and O–H groups in total. The van der Waals surface area contributed by atoms with Crippen molar-refractivity contribution in [2.24, 2.45) is 12.8 Å². The fourth-order valence-electron chi connectivity index (χ4n) is 2.19. The predicted molar refractivity (Wildman–Crippen MR) is 55.1 cm³/mol. The first kappa shape index (κ1) is 9.45. The number of hydrogen-bond donors (Lipinski definition) is 2. The van der Waals surface area contributed by atoms with Gasteiger partial charge in [0.15, 0.2) is 0 Å². The van der Waals surface area contributed by atoms with Gasteiger partial charge in [-0.3, -0.25) is 0 Å². The van der Waals surface area contributed by atoms with Crippen molar-refractivity contribution < 1.29 is 0 Å². The van der Waals surface area contributed by atoms with Crippen LogP contribution in [-0.2, 0) is 7.05 Å². The van der Waals surface area contributed by atoms with Crippen molar-refractivity contribution in [1.29, 1.82) is 0 Å². The van der Waals surface area contributed by atoms with Gasteiger partial charge in [-0.1, -0.05) is 6.42 Å². The van der Waals surface area contributed by atoms with E-state index in [0.717, 1.165) is 24.6 Å². The Labute approximate surface area is 83.7 Å². The van der Waals surface area contributed by atoms with Crippen LogP contribution in [0.5, 0.6) is 0 Å². The second-order valence-corrected chi connectivity index (χ2v) is 3.89. The number of nitrogens with one attached hydrogen (secondary N) is 1. The fourth-order valence-corrected chi connectivity index (χ4v) is 2.19. The van der Waals surface area contributed by atoms with Crippen LogP contribution in [0.3, 0.4) is 0 Å². The molecule has 1 aliphatic rings. The Morgan fingerprint density at radius 2 is 2.21 bits per heavy atom. The van der Waals surface area contributed by atoms with Gasteiger partial charge in [-0.15, -0.1) is 10.2 Å². The Bertz CT molecular complexity index is 319. The number of nitrogens with zero attached hydrogens (tertiary/aromatic N) is 3. The van der Waals surface area contributed by atoms with Crippen molar-refractivity contribution in [3.05, 3.63) is 5.82 Å². The molecule has 1 aliphatic carbocycles. The first-order valence-electron chi connectivity index (χ1n) is 5.06. The van der Waals surface area contributed by atoms with E-state index in [2.05, 4.69) is 15.5 Å². The third-order valence-electron chi connectivity index (χ3n) is 3.03. The number of hydrogen-bond acceptors (Lipinski definition) is 4. The van der Waals surface area contributed by atoms with E-state index in [-0.39, 0.29) is 6.04 Å². The SMILES string of the molecule is CNc1nnc([C@@H]2CCC[C@@H]2N)n1C. The second kappa shape index (κ2) is 3.57. The van der Waals surface area contributed by atoms with E-state index < -0.39 is 0 Å². The molecule has 1 saturated carbocycles. The van der Waals surface area contributed by atoms with Crippen molar-refractivity contribution in [3.8, 4) is 0 Å². The van der Waals surface area contributed by atoms with Gasteiger partial charge in [0.1, 0.15) is 5.82 Å². The second-order valence-electron chi connectivity index (χ2n) is 3.89. The molecule has 0 aliphatic heterocycles. The summed E-state index contributed by atoms with van der Waals surface area (Å²) in [7, 11) is 3.83. The summed E-state index contributed by atoms with van der Waals surface area (Å²) in [5.74, 6) is 2.20. The molecule has 1 fully saturated rings.